The van der Waals surface area contributed by atoms with Crippen LogP contribution >= 0.6 is 23.4 Å². The molecule has 0 saturated heterocycles. The molecule has 2 heteroatoms. The third-order valence-electron chi connectivity index (χ3n) is 1.39. The van der Waals surface area contributed by atoms with Gasteiger partial charge in [-0.25, -0.2) is 0 Å². The summed E-state index contributed by atoms with van der Waals surface area (Å²) < 4.78 is 0. The van der Waals surface area contributed by atoms with Gasteiger partial charge in [0.05, 0.1) is 0 Å². The van der Waals surface area contributed by atoms with Crippen molar-refractivity contribution in [3.63, 3.8) is 0 Å². The van der Waals surface area contributed by atoms with E-state index in [2.05, 4.69) is 6.58 Å². The van der Waals surface area contributed by atoms with Crippen LogP contribution in [0.5, 0.6) is 0 Å². The second-order valence-corrected chi connectivity index (χ2v) is 3.48. The van der Waals surface area contributed by atoms with Crippen LogP contribution in [-0.4, -0.2) is 6.26 Å². The van der Waals surface area contributed by atoms with Crippen molar-refractivity contribution in [2.24, 2.45) is 0 Å². The number of halogens is 1. The molecule has 1 aromatic carbocycles. The van der Waals surface area contributed by atoms with E-state index in [9.17, 15) is 0 Å². The van der Waals surface area contributed by atoms with Crippen LogP contribution in [-0.2, 0) is 0 Å². The Kier molecular flexibility index (Phi) is 3.03. The topological polar surface area (TPSA) is 0 Å². The molecule has 0 saturated carbocycles. The molecular formula is C9H9ClS. The molecule has 0 heterocycles. The first kappa shape index (κ1) is 8.69. The van der Waals surface area contributed by atoms with Gasteiger partial charge in [-0.3, -0.25) is 0 Å². The quantitative estimate of drug-likeness (QED) is 0.676. The summed E-state index contributed by atoms with van der Waals surface area (Å²) in [6, 6.07) is 7.71. The minimum absolute atomic E-state index is 0.762. The van der Waals surface area contributed by atoms with Gasteiger partial charge in [0.2, 0.25) is 0 Å². The number of thioether (sulfide) groups is 1. The summed E-state index contributed by atoms with van der Waals surface area (Å²) in [4.78, 5) is 1.05. The van der Waals surface area contributed by atoms with Crippen LogP contribution in [0, 0.1) is 0 Å². The van der Waals surface area contributed by atoms with Crippen molar-refractivity contribution >= 4 is 28.3 Å². The van der Waals surface area contributed by atoms with E-state index in [1.807, 2.05) is 30.5 Å². The lowest BCUT2D eigenvalue weighted by Gasteiger charge is -2.00. The Labute approximate surface area is 76.3 Å². The summed E-state index contributed by atoms with van der Waals surface area (Å²) in [6.45, 7) is 3.89. The number of benzene rings is 1. The Morgan fingerprint density at radius 3 is 2.82 bits per heavy atom. The van der Waals surface area contributed by atoms with E-state index in [-0.39, 0.29) is 0 Å². The molecule has 0 spiro atoms. The Morgan fingerprint density at radius 2 is 2.27 bits per heavy atom. The third-order valence-corrected chi connectivity index (χ3v) is 2.36. The summed E-state index contributed by atoms with van der Waals surface area (Å²) in [6.07, 6.45) is 2.00. The van der Waals surface area contributed by atoms with Crippen molar-refractivity contribution in [3.05, 3.63) is 41.4 Å². The maximum atomic E-state index is 5.80. The van der Waals surface area contributed by atoms with E-state index in [0.29, 0.717) is 0 Å². The zero-order chi connectivity index (χ0) is 8.27. The molecule has 0 aliphatic carbocycles. The number of hydrogen-bond acceptors (Lipinski definition) is 1. The van der Waals surface area contributed by atoms with Crippen LogP contribution < -0.4 is 0 Å². The lowest BCUT2D eigenvalue weighted by molar-refractivity contribution is 1.65. The molecule has 0 unspecified atom stereocenters. The van der Waals surface area contributed by atoms with E-state index >= 15 is 0 Å². The first-order chi connectivity index (χ1) is 5.24. The third kappa shape index (κ3) is 2.28. The number of rotatable bonds is 2. The maximum absolute atomic E-state index is 5.80. The molecule has 11 heavy (non-hydrogen) atoms. The van der Waals surface area contributed by atoms with E-state index in [0.717, 1.165) is 15.5 Å². The minimum atomic E-state index is 0.762. The SMILES string of the molecule is C=C(SC)c1cccc(Cl)c1. The zero-order valence-corrected chi connectivity index (χ0v) is 7.88. The minimum Gasteiger partial charge on any atom is -0.130 e. The molecule has 0 nitrogen and oxygen atoms in total. The lowest BCUT2D eigenvalue weighted by atomic mass is 10.2. The largest absolute Gasteiger partial charge is 0.130 e. The number of hydrogen-bond donors (Lipinski definition) is 0. The van der Waals surface area contributed by atoms with Gasteiger partial charge in [-0.05, 0) is 24.0 Å². The van der Waals surface area contributed by atoms with Crippen LogP contribution in [0.15, 0.2) is 30.8 Å². The molecule has 0 radical (unpaired) electrons. The van der Waals surface area contributed by atoms with Crippen molar-refractivity contribution in [3.8, 4) is 0 Å². The van der Waals surface area contributed by atoms with Gasteiger partial charge >= 0.3 is 0 Å². The van der Waals surface area contributed by atoms with Gasteiger partial charge in [-0.1, -0.05) is 30.3 Å². The molecule has 0 bridgehead atoms. The molecule has 0 aliphatic rings. The van der Waals surface area contributed by atoms with Crippen LogP contribution in [0.4, 0.5) is 0 Å². The van der Waals surface area contributed by atoms with Crippen LogP contribution in [0.2, 0.25) is 5.02 Å². The van der Waals surface area contributed by atoms with Crippen LogP contribution in [0.1, 0.15) is 5.56 Å². The highest BCUT2D eigenvalue weighted by atomic mass is 35.5. The van der Waals surface area contributed by atoms with Gasteiger partial charge in [-0.2, -0.15) is 0 Å². The normalized spacial score (nSPS) is 9.64. The summed E-state index contributed by atoms with van der Waals surface area (Å²) in [7, 11) is 0. The highest BCUT2D eigenvalue weighted by molar-refractivity contribution is 8.07. The smallest absolute Gasteiger partial charge is 0.0412 e. The van der Waals surface area contributed by atoms with E-state index in [4.69, 9.17) is 11.6 Å². The summed E-state index contributed by atoms with van der Waals surface area (Å²) in [5.74, 6) is 0. The Morgan fingerprint density at radius 1 is 1.55 bits per heavy atom. The van der Waals surface area contributed by atoms with Gasteiger partial charge < -0.3 is 0 Å². The van der Waals surface area contributed by atoms with Crippen molar-refractivity contribution in [1.29, 1.82) is 0 Å². The van der Waals surface area contributed by atoms with Crippen LogP contribution in [0.3, 0.4) is 0 Å². The highest BCUT2D eigenvalue weighted by Crippen LogP contribution is 2.24. The van der Waals surface area contributed by atoms with E-state index < -0.39 is 0 Å². The summed E-state index contributed by atoms with van der Waals surface area (Å²) in [5, 5.41) is 0.762. The van der Waals surface area contributed by atoms with Crippen molar-refractivity contribution in [2.45, 2.75) is 0 Å². The fraction of sp³-hybridized carbons (Fsp3) is 0.111. The highest BCUT2D eigenvalue weighted by Gasteiger charge is 1.96. The average molecular weight is 185 g/mol. The molecule has 58 valence electrons. The van der Waals surface area contributed by atoms with Gasteiger partial charge in [0.1, 0.15) is 0 Å². The van der Waals surface area contributed by atoms with Crippen molar-refractivity contribution in [1.82, 2.24) is 0 Å². The fourth-order valence-corrected chi connectivity index (χ4v) is 1.33. The van der Waals surface area contributed by atoms with Gasteiger partial charge in [0.15, 0.2) is 0 Å². The predicted octanol–water partition coefficient (Wildman–Crippen LogP) is 3.67. The Bertz CT molecular complexity index is 268. The zero-order valence-electron chi connectivity index (χ0n) is 6.30. The Hall–Kier alpha value is -0.400. The standard InChI is InChI=1S/C9H9ClS/c1-7(11-2)8-4-3-5-9(10)6-8/h3-6H,1H2,2H3. The molecular weight excluding hydrogens is 176 g/mol. The van der Waals surface area contributed by atoms with Gasteiger partial charge in [-0.15, -0.1) is 11.8 Å². The predicted molar refractivity (Wildman–Crippen MR) is 54.0 cm³/mol. The summed E-state index contributed by atoms with van der Waals surface area (Å²) in [5.41, 5.74) is 1.10. The molecule has 0 atom stereocenters. The Balaban J connectivity index is 2.96. The monoisotopic (exact) mass is 184 g/mol. The molecule has 0 amide bonds. The molecule has 0 fully saturated rings. The van der Waals surface area contributed by atoms with Crippen molar-refractivity contribution in [2.75, 3.05) is 6.26 Å². The van der Waals surface area contributed by atoms with E-state index in [1.165, 1.54) is 0 Å². The molecule has 0 N–H and O–H groups in total. The fourth-order valence-electron chi connectivity index (χ4n) is 0.780. The van der Waals surface area contributed by atoms with Gasteiger partial charge in [0, 0.05) is 9.93 Å². The molecule has 1 rings (SSSR count). The second kappa shape index (κ2) is 3.84. The molecule has 1 aromatic rings. The molecule has 0 aliphatic heterocycles. The summed E-state index contributed by atoms with van der Waals surface area (Å²) >= 11 is 7.43. The van der Waals surface area contributed by atoms with Crippen LogP contribution in [0.25, 0.3) is 4.91 Å². The van der Waals surface area contributed by atoms with E-state index in [1.54, 1.807) is 11.8 Å². The lowest BCUT2D eigenvalue weighted by Crippen LogP contribution is -1.75. The van der Waals surface area contributed by atoms with Gasteiger partial charge in [0.25, 0.3) is 0 Å². The van der Waals surface area contributed by atoms with Crippen molar-refractivity contribution < 1.29 is 0 Å². The first-order valence-electron chi connectivity index (χ1n) is 3.23. The first-order valence-corrected chi connectivity index (χ1v) is 4.83. The molecule has 0 aromatic heterocycles. The second-order valence-electron chi connectivity index (χ2n) is 2.14. The maximum Gasteiger partial charge on any atom is 0.0412 e. The average Bonchev–Trinajstić information content (AvgIpc) is 2.03.